The Morgan fingerprint density at radius 2 is 1.95 bits per heavy atom. The van der Waals surface area contributed by atoms with E-state index in [2.05, 4.69) is 5.32 Å². The molecule has 1 aromatic carbocycles. The Hall–Kier alpha value is -2.21. The number of Topliss-reactive ketones (excluding diaryl/α,β-unsaturated/α-hetero) is 1. The Balaban J connectivity index is 1.91. The molecule has 2 atom stereocenters. The Bertz CT molecular complexity index is 528. The second-order valence-corrected chi connectivity index (χ2v) is 4.60. The molecular formula is C15H17NO5. The third-order valence-corrected chi connectivity index (χ3v) is 3.09. The standard InChI is InChI=1S/C15H17NO5/c1-2-20-12(18)9-8-11(17)13-15(19)21-14(16-13)10-6-4-3-5-7-10/h3-7,13-14,16H,2,8-9H2,1H3. The number of hydrogen-bond donors (Lipinski definition) is 1. The predicted octanol–water partition coefficient (Wildman–Crippen LogP) is 1.11. The summed E-state index contributed by atoms with van der Waals surface area (Å²) >= 11 is 0. The topological polar surface area (TPSA) is 81.7 Å². The maximum absolute atomic E-state index is 12.0. The first-order chi connectivity index (χ1) is 10.1. The summed E-state index contributed by atoms with van der Waals surface area (Å²) in [5.41, 5.74) is 0.770. The predicted molar refractivity (Wildman–Crippen MR) is 73.1 cm³/mol. The van der Waals surface area contributed by atoms with Crippen molar-refractivity contribution in [1.82, 2.24) is 5.32 Å². The molecule has 0 radical (unpaired) electrons. The van der Waals surface area contributed by atoms with Crippen LogP contribution in [-0.4, -0.2) is 30.4 Å². The van der Waals surface area contributed by atoms with Crippen molar-refractivity contribution >= 4 is 17.7 Å². The molecule has 0 bridgehead atoms. The Labute approximate surface area is 122 Å². The number of esters is 2. The zero-order chi connectivity index (χ0) is 15.2. The van der Waals surface area contributed by atoms with Gasteiger partial charge in [-0.25, -0.2) is 4.79 Å². The molecule has 0 aliphatic carbocycles. The van der Waals surface area contributed by atoms with Crippen LogP contribution in [0.5, 0.6) is 0 Å². The molecule has 1 aliphatic rings. The van der Waals surface area contributed by atoms with Crippen molar-refractivity contribution in [3.63, 3.8) is 0 Å². The van der Waals surface area contributed by atoms with Crippen LogP contribution in [0.15, 0.2) is 30.3 Å². The third-order valence-electron chi connectivity index (χ3n) is 3.09. The number of benzene rings is 1. The lowest BCUT2D eigenvalue weighted by Gasteiger charge is -2.09. The van der Waals surface area contributed by atoms with Gasteiger partial charge in [0.05, 0.1) is 13.0 Å². The van der Waals surface area contributed by atoms with E-state index >= 15 is 0 Å². The highest BCUT2D eigenvalue weighted by Gasteiger charge is 2.39. The van der Waals surface area contributed by atoms with Gasteiger partial charge in [0.2, 0.25) is 0 Å². The molecule has 1 saturated heterocycles. The minimum absolute atomic E-state index is 0.0336. The van der Waals surface area contributed by atoms with Crippen molar-refractivity contribution in [2.24, 2.45) is 0 Å². The van der Waals surface area contributed by atoms with Crippen LogP contribution in [0.25, 0.3) is 0 Å². The van der Waals surface area contributed by atoms with Gasteiger partial charge in [0, 0.05) is 12.0 Å². The lowest BCUT2D eigenvalue weighted by Crippen LogP contribution is -2.37. The minimum Gasteiger partial charge on any atom is -0.466 e. The highest BCUT2D eigenvalue weighted by atomic mass is 16.6. The average molecular weight is 291 g/mol. The molecule has 0 aromatic heterocycles. The zero-order valence-electron chi connectivity index (χ0n) is 11.7. The number of cyclic esters (lactones) is 1. The largest absolute Gasteiger partial charge is 0.466 e. The molecule has 0 amide bonds. The van der Waals surface area contributed by atoms with Crippen molar-refractivity contribution in [3.8, 4) is 0 Å². The van der Waals surface area contributed by atoms with Gasteiger partial charge in [-0.15, -0.1) is 0 Å². The van der Waals surface area contributed by atoms with Crippen LogP contribution in [0.4, 0.5) is 0 Å². The molecule has 1 aromatic rings. The molecule has 0 spiro atoms. The van der Waals surface area contributed by atoms with E-state index in [4.69, 9.17) is 9.47 Å². The van der Waals surface area contributed by atoms with Crippen LogP contribution in [0, 0.1) is 0 Å². The number of hydrogen-bond acceptors (Lipinski definition) is 6. The molecule has 21 heavy (non-hydrogen) atoms. The van der Waals surface area contributed by atoms with E-state index < -0.39 is 24.2 Å². The summed E-state index contributed by atoms with van der Waals surface area (Å²) in [4.78, 5) is 34.9. The highest BCUT2D eigenvalue weighted by Crippen LogP contribution is 2.22. The summed E-state index contributed by atoms with van der Waals surface area (Å²) in [6.07, 6.45) is -0.712. The second kappa shape index (κ2) is 6.99. The fraction of sp³-hybridized carbons (Fsp3) is 0.400. The highest BCUT2D eigenvalue weighted by molar-refractivity contribution is 6.04. The SMILES string of the molecule is CCOC(=O)CCC(=O)C1NC(c2ccccc2)OC1=O. The van der Waals surface area contributed by atoms with Crippen LogP contribution in [-0.2, 0) is 23.9 Å². The number of rotatable bonds is 6. The molecule has 1 heterocycles. The van der Waals surface area contributed by atoms with Crippen molar-refractivity contribution in [2.45, 2.75) is 32.0 Å². The van der Waals surface area contributed by atoms with Gasteiger partial charge in [-0.3, -0.25) is 14.9 Å². The van der Waals surface area contributed by atoms with Gasteiger partial charge in [0.1, 0.15) is 0 Å². The molecule has 1 fully saturated rings. The maximum atomic E-state index is 12.0. The molecule has 1 aliphatic heterocycles. The first-order valence-electron chi connectivity index (χ1n) is 6.81. The normalized spacial score (nSPS) is 20.9. The second-order valence-electron chi connectivity index (χ2n) is 4.60. The molecular weight excluding hydrogens is 274 g/mol. The van der Waals surface area contributed by atoms with Crippen molar-refractivity contribution in [2.75, 3.05) is 6.61 Å². The zero-order valence-corrected chi connectivity index (χ0v) is 11.7. The van der Waals surface area contributed by atoms with Crippen LogP contribution in [0.1, 0.15) is 31.6 Å². The van der Waals surface area contributed by atoms with Gasteiger partial charge in [-0.1, -0.05) is 30.3 Å². The van der Waals surface area contributed by atoms with Gasteiger partial charge >= 0.3 is 11.9 Å². The van der Waals surface area contributed by atoms with Crippen LogP contribution in [0.3, 0.4) is 0 Å². The summed E-state index contributed by atoms with van der Waals surface area (Å²) in [5, 5.41) is 2.84. The smallest absolute Gasteiger partial charge is 0.332 e. The minimum atomic E-state index is -1.02. The molecule has 112 valence electrons. The van der Waals surface area contributed by atoms with Crippen molar-refractivity contribution < 1.29 is 23.9 Å². The molecule has 2 rings (SSSR count). The molecule has 0 saturated carbocycles. The number of carbonyl (C=O) groups is 3. The van der Waals surface area contributed by atoms with E-state index in [-0.39, 0.29) is 25.2 Å². The van der Waals surface area contributed by atoms with Crippen LogP contribution in [0.2, 0.25) is 0 Å². The van der Waals surface area contributed by atoms with Gasteiger partial charge < -0.3 is 9.47 Å². The summed E-state index contributed by atoms with van der Waals surface area (Å²) < 4.78 is 9.89. The summed E-state index contributed by atoms with van der Waals surface area (Å²) in [6.45, 7) is 1.97. The van der Waals surface area contributed by atoms with Gasteiger partial charge in [0.15, 0.2) is 18.1 Å². The fourth-order valence-corrected chi connectivity index (χ4v) is 2.06. The monoisotopic (exact) mass is 291 g/mol. The van der Waals surface area contributed by atoms with Gasteiger partial charge in [-0.05, 0) is 6.92 Å². The molecule has 2 unspecified atom stereocenters. The fourth-order valence-electron chi connectivity index (χ4n) is 2.06. The Kier molecular flexibility index (Phi) is 5.05. The number of ketones is 1. The first-order valence-corrected chi connectivity index (χ1v) is 6.81. The Morgan fingerprint density at radius 3 is 2.62 bits per heavy atom. The van der Waals surface area contributed by atoms with Gasteiger partial charge in [-0.2, -0.15) is 0 Å². The quantitative estimate of drug-likeness (QED) is 0.624. The van der Waals surface area contributed by atoms with E-state index in [0.29, 0.717) is 0 Å². The first kappa shape index (κ1) is 15.2. The number of ether oxygens (including phenoxy) is 2. The summed E-state index contributed by atoms with van der Waals surface area (Å²) in [7, 11) is 0. The molecule has 6 nitrogen and oxygen atoms in total. The molecule has 1 N–H and O–H groups in total. The van der Waals surface area contributed by atoms with E-state index in [1.165, 1.54) is 0 Å². The third kappa shape index (κ3) is 3.88. The van der Waals surface area contributed by atoms with Crippen molar-refractivity contribution in [1.29, 1.82) is 0 Å². The van der Waals surface area contributed by atoms with E-state index in [1.807, 2.05) is 18.2 Å². The summed E-state index contributed by atoms with van der Waals surface area (Å²) in [6, 6.07) is 8.07. The maximum Gasteiger partial charge on any atom is 0.332 e. The average Bonchev–Trinajstić information content (AvgIpc) is 2.88. The van der Waals surface area contributed by atoms with Crippen LogP contribution >= 0.6 is 0 Å². The summed E-state index contributed by atoms with van der Waals surface area (Å²) in [5.74, 6) is -1.43. The number of carbonyl (C=O) groups excluding carboxylic acids is 3. The lowest BCUT2D eigenvalue weighted by molar-refractivity contribution is -0.147. The van der Waals surface area contributed by atoms with E-state index in [9.17, 15) is 14.4 Å². The Morgan fingerprint density at radius 1 is 1.24 bits per heavy atom. The van der Waals surface area contributed by atoms with E-state index in [0.717, 1.165) is 5.56 Å². The number of nitrogens with one attached hydrogen (secondary N) is 1. The van der Waals surface area contributed by atoms with Crippen molar-refractivity contribution in [3.05, 3.63) is 35.9 Å². The van der Waals surface area contributed by atoms with E-state index in [1.54, 1.807) is 19.1 Å². The van der Waals surface area contributed by atoms with Gasteiger partial charge in [0.25, 0.3) is 0 Å². The molecule has 6 heteroatoms. The van der Waals surface area contributed by atoms with Crippen LogP contribution < -0.4 is 5.32 Å². The lowest BCUT2D eigenvalue weighted by atomic mass is 10.1.